The summed E-state index contributed by atoms with van der Waals surface area (Å²) in [6.07, 6.45) is 7.07. The molecule has 2 heterocycles. The molecule has 1 aliphatic rings. The van der Waals surface area contributed by atoms with Crippen LogP contribution in [0.2, 0.25) is 0 Å². The predicted octanol–water partition coefficient (Wildman–Crippen LogP) is 4.10. The van der Waals surface area contributed by atoms with Crippen LogP contribution in [0.3, 0.4) is 0 Å². The zero-order valence-electron chi connectivity index (χ0n) is 14.4. The summed E-state index contributed by atoms with van der Waals surface area (Å²) in [5.41, 5.74) is 1.63. The molecule has 5 heteroatoms. The van der Waals surface area contributed by atoms with Gasteiger partial charge in [-0.2, -0.15) is 0 Å². The summed E-state index contributed by atoms with van der Waals surface area (Å²) in [4.78, 5) is 18.6. The summed E-state index contributed by atoms with van der Waals surface area (Å²) in [6.45, 7) is 2.48. The summed E-state index contributed by atoms with van der Waals surface area (Å²) < 4.78 is 19.0. The molecule has 1 fully saturated rings. The smallest absolute Gasteiger partial charge is 0.227 e. The third-order valence-corrected chi connectivity index (χ3v) is 4.50. The average molecular weight is 342 g/mol. The van der Waals surface area contributed by atoms with E-state index in [9.17, 15) is 9.18 Å². The number of amides is 1. The van der Waals surface area contributed by atoms with E-state index in [0.717, 1.165) is 18.4 Å². The summed E-state index contributed by atoms with van der Waals surface area (Å²) in [5, 5.41) is 0. The van der Waals surface area contributed by atoms with Crippen LogP contribution in [0, 0.1) is 5.82 Å². The number of carbonyl (C=O) groups is 1. The summed E-state index contributed by atoms with van der Waals surface area (Å²) in [7, 11) is 0. The fourth-order valence-corrected chi connectivity index (χ4v) is 3.14. The van der Waals surface area contributed by atoms with Crippen molar-refractivity contribution in [1.82, 2.24) is 4.98 Å². The lowest BCUT2D eigenvalue weighted by Gasteiger charge is -2.23. The number of carbonyl (C=O) groups excluding carboxylic acids is 1. The van der Waals surface area contributed by atoms with Crippen LogP contribution >= 0.6 is 0 Å². The van der Waals surface area contributed by atoms with Gasteiger partial charge in [-0.15, -0.1) is 0 Å². The van der Waals surface area contributed by atoms with Gasteiger partial charge in [0.2, 0.25) is 5.91 Å². The molecule has 132 valence electrons. The molecular formula is C20H23FN2O2. The Morgan fingerprint density at radius 3 is 2.72 bits per heavy atom. The van der Waals surface area contributed by atoms with Gasteiger partial charge in [0.25, 0.3) is 0 Å². The number of ether oxygens (including phenoxy) is 1. The van der Waals surface area contributed by atoms with Crippen molar-refractivity contribution in [3.8, 4) is 0 Å². The number of nitrogens with zero attached hydrogens (tertiary/aromatic N) is 2. The summed E-state index contributed by atoms with van der Waals surface area (Å²) in [5.74, 6) is -0.301. The minimum Gasteiger partial charge on any atom is -0.375 e. The van der Waals surface area contributed by atoms with Crippen molar-refractivity contribution in [2.45, 2.75) is 51.4 Å². The minimum atomic E-state index is -0.314. The molecule has 0 unspecified atom stereocenters. The molecule has 1 saturated heterocycles. The lowest BCUT2D eigenvalue weighted by molar-refractivity contribution is -0.119. The van der Waals surface area contributed by atoms with E-state index in [2.05, 4.69) is 11.9 Å². The molecule has 3 rings (SSSR count). The van der Waals surface area contributed by atoms with Crippen molar-refractivity contribution < 1.29 is 13.9 Å². The van der Waals surface area contributed by atoms with Crippen molar-refractivity contribution in [2.75, 3.05) is 4.90 Å². The first-order chi connectivity index (χ1) is 12.1. The molecule has 4 nitrogen and oxygen atoms in total. The zero-order valence-corrected chi connectivity index (χ0v) is 14.4. The van der Waals surface area contributed by atoms with Crippen LogP contribution in [-0.2, 0) is 16.1 Å². The van der Waals surface area contributed by atoms with Crippen LogP contribution in [0.4, 0.5) is 10.1 Å². The van der Waals surface area contributed by atoms with Crippen molar-refractivity contribution in [3.05, 3.63) is 60.2 Å². The van der Waals surface area contributed by atoms with Crippen LogP contribution in [0.1, 0.15) is 38.2 Å². The summed E-state index contributed by atoms with van der Waals surface area (Å²) >= 11 is 0. The second kappa shape index (κ2) is 8.21. The van der Waals surface area contributed by atoms with E-state index in [1.165, 1.54) is 12.1 Å². The number of rotatable bonds is 6. The fraction of sp³-hybridized carbons (Fsp3) is 0.400. The van der Waals surface area contributed by atoms with Crippen LogP contribution in [-0.4, -0.2) is 23.1 Å². The first-order valence-corrected chi connectivity index (χ1v) is 8.72. The predicted molar refractivity (Wildman–Crippen MR) is 94.6 cm³/mol. The van der Waals surface area contributed by atoms with Gasteiger partial charge in [-0.05, 0) is 62.1 Å². The molecule has 0 aliphatic carbocycles. The maximum absolute atomic E-state index is 13.2. The van der Waals surface area contributed by atoms with Crippen LogP contribution in [0.25, 0.3) is 0 Å². The standard InChI is InChI=1S/C20H23FN2O2/c1-15-4-9-19(25-15)10-11-20(24)23(14-16-3-2-12-22-13-16)18-7-5-17(21)6-8-18/h2-3,5-8,12-13,15,19H,4,9-11,14H2,1H3/t15-,19-/m0/s1. The van der Waals surface area contributed by atoms with Gasteiger partial charge in [0.15, 0.2) is 0 Å². The Bertz CT molecular complexity index is 691. The highest BCUT2D eigenvalue weighted by atomic mass is 19.1. The quantitative estimate of drug-likeness (QED) is 0.794. The van der Waals surface area contributed by atoms with E-state index in [4.69, 9.17) is 4.74 Å². The monoisotopic (exact) mass is 342 g/mol. The molecular weight excluding hydrogens is 319 g/mol. The highest BCUT2D eigenvalue weighted by Crippen LogP contribution is 2.24. The Morgan fingerprint density at radius 1 is 1.28 bits per heavy atom. The molecule has 1 aliphatic heterocycles. The number of hydrogen-bond acceptors (Lipinski definition) is 3. The second-order valence-corrected chi connectivity index (χ2v) is 6.50. The number of halogens is 1. The topological polar surface area (TPSA) is 42.4 Å². The minimum absolute atomic E-state index is 0.0126. The third kappa shape index (κ3) is 4.86. The molecule has 2 atom stereocenters. The largest absolute Gasteiger partial charge is 0.375 e. The van der Waals surface area contributed by atoms with Gasteiger partial charge in [0.1, 0.15) is 5.82 Å². The molecule has 1 amide bonds. The Labute approximate surface area is 147 Å². The Balaban J connectivity index is 1.70. The van der Waals surface area contributed by atoms with Crippen molar-refractivity contribution in [3.63, 3.8) is 0 Å². The van der Waals surface area contributed by atoms with E-state index in [0.29, 0.717) is 25.1 Å². The van der Waals surface area contributed by atoms with E-state index >= 15 is 0 Å². The molecule has 25 heavy (non-hydrogen) atoms. The van der Waals surface area contributed by atoms with Crippen molar-refractivity contribution in [2.24, 2.45) is 0 Å². The number of pyridine rings is 1. The van der Waals surface area contributed by atoms with Gasteiger partial charge >= 0.3 is 0 Å². The van der Waals surface area contributed by atoms with Gasteiger partial charge in [-0.25, -0.2) is 4.39 Å². The lowest BCUT2D eigenvalue weighted by atomic mass is 10.1. The average Bonchev–Trinajstić information content (AvgIpc) is 3.05. The number of benzene rings is 1. The zero-order chi connectivity index (χ0) is 17.6. The fourth-order valence-electron chi connectivity index (χ4n) is 3.14. The Hall–Kier alpha value is -2.27. The van der Waals surface area contributed by atoms with Gasteiger partial charge in [0.05, 0.1) is 18.8 Å². The number of aromatic nitrogens is 1. The number of hydrogen-bond donors (Lipinski definition) is 0. The molecule has 0 bridgehead atoms. The maximum atomic E-state index is 13.2. The first-order valence-electron chi connectivity index (χ1n) is 8.72. The van der Waals surface area contributed by atoms with Gasteiger partial charge < -0.3 is 9.64 Å². The van der Waals surface area contributed by atoms with Crippen LogP contribution in [0.15, 0.2) is 48.8 Å². The molecule has 0 N–H and O–H groups in total. The maximum Gasteiger partial charge on any atom is 0.227 e. The Kier molecular flexibility index (Phi) is 5.76. The van der Waals surface area contributed by atoms with Gasteiger partial charge in [-0.3, -0.25) is 9.78 Å². The first kappa shape index (κ1) is 17.5. The van der Waals surface area contributed by atoms with E-state index in [1.54, 1.807) is 29.4 Å². The summed E-state index contributed by atoms with van der Waals surface area (Å²) in [6, 6.07) is 9.80. The van der Waals surface area contributed by atoms with Crippen molar-refractivity contribution >= 4 is 11.6 Å². The van der Waals surface area contributed by atoms with Crippen molar-refractivity contribution in [1.29, 1.82) is 0 Å². The number of anilines is 1. The van der Waals surface area contributed by atoms with Crippen LogP contribution < -0.4 is 4.90 Å². The van der Waals surface area contributed by atoms with Gasteiger partial charge in [0, 0.05) is 24.5 Å². The van der Waals surface area contributed by atoms with E-state index in [-0.39, 0.29) is 23.9 Å². The lowest BCUT2D eigenvalue weighted by Crippen LogP contribution is -2.31. The van der Waals surface area contributed by atoms with Crippen LogP contribution in [0.5, 0.6) is 0 Å². The third-order valence-electron chi connectivity index (χ3n) is 4.50. The molecule has 1 aromatic heterocycles. The van der Waals surface area contributed by atoms with E-state index < -0.39 is 0 Å². The molecule has 2 aromatic rings. The van der Waals surface area contributed by atoms with E-state index in [1.807, 2.05) is 12.1 Å². The molecule has 0 saturated carbocycles. The Morgan fingerprint density at radius 2 is 2.08 bits per heavy atom. The highest BCUT2D eigenvalue weighted by Gasteiger charge is 2.24. The normalized spacial score (nSPS) is 19.8. The molecule has 0 radical (unpaired) electrons. The highest BCUT2D eigenvalue weighted by molar-refractivity contribution is 5.93. The second-order valence-electron chi connectivity index (χ2n) is 6.50. The molecule has 1 aromatic carbocycles. The van der Waals surface area contributed by atoms with Gasteiger partial charge in [-0.1, -0.05) is 6.07 Å². The SMILES string of the molecule is C[C@H]1CC[C@@H](CCC(=O)N(Cc2cccnc2)c2ccc(F)cc2)O1. The molecule has 0 spiro atoms.